The summed E-state index contributed by atoms with van der Waals surface area (Å²) in [6.45, 7) is 7.69. The maximum absolute atomic E-state index is 5.97. The lowest BCUT2D eigenvalue weighted by Gasteiger charge is -2.40. The van der Waals surface area contributed by atoms with Gasteiger partial charge in [-0.05, 0) is 36.6 Å². The fourth-order valence-corrected chi connectivity index (χ4v) is 3.54. The minimum absolute atomic E-state index is 0.538. The molecule has 1 aliphatic rings. The Kier molecular flexibility index (Phi) is 4.80. The minimum Gasteiger partial charge on any atom is -0.371 e. The lowest BCUT2D eigenvalue weighted by atomic mass is 9.78. The van der Waals surface area contributed by atoms with Gasteiger partial charge in [0.2, 0.25) is 0 Å². The molecule has 1 aliphatic heterocycles. The van der Waals surface area contributed by atoms with Crippen LogP contribution in [0.25, 0.3) is 0 Å². The molecule has 0 bridgehead atoms. The normalized spacial score (nSPS) is 18.6. The Morgan fingerprint density at radius 3 is 2.53 bits per heavy atom. The van der Waals surface area contributed by atoms with Crippen LogP contribution in [0.5, 0.6) is 0 Å². The van der Waals surface area contributed by atoms with Crippen molar-refractivity contribution in [1.82, 2.24) is 0 Å². The van der Waals surface area contributed by atoms with Gasteiger partial charge in [0.25, 0.3) is 0 Å². The van der Waals surface area contributed by atoms with E-state index in [2.05, 4.69) is 43.2 Å². The first kappa shape index (κ1) is 14.7. The summed E-state index contributed by atoms with van der Waals surface area (Å²) in [5.74, 6) is 0. The van der Waals surface area contributed by atoms with E-state index in [-0.39, 0.29) is 0 Å². The van der Waals surface area contributed by atoms with Crippen LogP contribution in [0.3, 0.4) is 0 Å². The summed E-state index contributed by atoms with van der Waals surface area (Å²) in [6.07, 6.45) is 5.99. The van der Waals surface area contributed by atoms with Crippen LogP contribution in [0.2, 0.25) is 0 Å². The summed E-state index contributed by atoms with van der Waals surface area (Å²) in [7, 11) is 0. The lowest BCUT2D eigenvalue weighted by molar-refractivity contribution is 0.238. The summed E-state index contributed by atoms with van der Waals surface area (Å²) in [4.78, 5) is 3.85. The molecule has 0 radical (unpaired) electrons. The van der Waals surface area contributed by atoms with Gasteiger partial charge in [-0.25, -0.2) is 0 Å². The molecule has 0 saturated carbocycles. The van der Waals surface area contributed by atoms with Gasteiger partial charge in [-0.3, -0.25) is 0 Å². The Hall–Kier alpha value is -0.670. The SMILES string of the molecule is CCC1(C)CCN(c2cccc(SC)c2CN)CC1. The third-order valence-corrected chi connectivity index (χ3v) is 5.52. The number of nitrogens with zero attached hydrogens (tertiary/aromatic N) is 1. The average molecular weight is 278 g/mol. The van der Waals surface area contributed by atoms with Gasteiger partial charge in [0.15, 0.2) is 0 Å². The fourth-order valence-electron chi connectivity index (χ4n) is 2.89. The second-order valence-electron chi connectivity index (χ2n) is 5.81. The molecular formula is C16H26N2S. The van der Waals surface area contributed by atoms with Crippen LogP contribution < -0.4 is 10.6 Å². The number of rotatable bonds is 4. The quantitative estimate of drug-likeness (QED) is 0.847. The molecule has 2 N–H and O–H groups in total. The molecule has 1 saturated heterocycles. The molecule has 1 aromatic rings. The molecule has 0 atom stereocenters. The molecule has 1 aromatic carbocycles. The Bertz CT molecular complexity index is 423. The zero-order chi connectivity index (χ0) is 13.9. The van der Waals surface area contributed by atoms with E-state index in [4.69, 9.17) is 5.73 Å². The summed E-state index contributed by atoms with van der Waals surface area (Å²) in [5.41, 5.74) is 9.18. The molecule has 0 spiro atoms. The highest BCUT2D eigenvalue weighted by atomic mass is 32.2. The van der Waals surface area contributed by atoms with Crippen molar-refractivity contribution < 1.29 is 0 Å². The molecule has 2 nitrogen and oxygen atoms in total. The first-order valence-corrected chi connectivity index (χ1v) is 8.47. The number of hydrogen-bond donors (Lipinski definition) is 1. The molecule has 0 aromatic heterocycles. The van der Waals surface area contributed by atoms with Crippen LogP contribution in [0.15, 0.2) is 23.1 Å². The van der Waals surface area contributed by atoms with Gasteiger partial charge in [0.1, 0.15) is 0 Å². The molecule has 0 aliphatic carbocycles. The molecule has 0 unspecified atom stereocenters. The number of piperidine rings is 1. The zero-order valence-corrected chi connectivity index (χ0v) is 13.2. The third-order valence-electron chi connectivity index (χ3n) is 4.70. The third kappa shape index (κ3) is 3.09. The number of benzene rings is 1. The molecule has 1 heterocycles. The first-order valence-electron chi connectivity index (χ1n) is 7.24. The molecular weight excluding hydrogens is 252 g/mol. The highest BCUT2D eigenvalue weighted by Crippen LogP contribution is 2.37. The highest BCUT2D eigenvalue weighted by Gasteiger charge is 2.29. The Labute approximate surface area is 121 Å². The summed E-state index contributed by atoms with van der Waals surface area (Å²) >= 11 is 1.80. The van der Waals surface area contributed by atoms with Crippen LogP contribution in [-0.2, 0) is 6.54 Å². The number of hydrogen-bond acceptors (Lipinski definition) is 3. The van der Waals surface area contributed by atoms with E-state index in [0.717, 1.165) is 13.1 Å². The monoisotopic (exact) mass is 278 g/mol. The van der Waals surface area contributed by atoms with Crippen molar-refractivity contribution in [2.24, 2.45) is 11.1 Å². The Balaban J connectivity index is 2.20. The largest absolute Gasteiger partial charge is 0.371 e. The molecule has 1 fully saturated rings. The summed E-state index contributed by atoms with van der Waals surface area (Å²) in [5, 5.41) is 0. The number of anilines is 1. The van der Waals surface area contributed by atoms with E-state index in [9.17, 15) is 0 Å². The first-order chi connectivity index (χ1) is 9.13. The van der Waals surface area contributed by atoms with Crippen LogP contribution in [-0.4, -0.2) is 19.3 Å². The predicted molar refractivity (Wildman–Crippen MR) is 86.0 cm³/mol. The Morgan fingerprint density at radius 1 is 1.32 bits per heavy atom. The van der Waals surface area contributed by atoms with Crippen LogP contribution in [0.4, 0.5) is 5.69 Å². The molecule has 2 rings (SSSR count). The number of nitrogens with two attached hydrogens (primary N) is 1. The van der Waals surface area contributed by atoms with Gasteiger partial charge in [-0.1, -0.05) is 26.3 Å². The minimum atomic E-state index is 0.538. The number of thioether (sulfide) groups is 1. The molecule has 106 valence electrons. The van der Waals surface area contributed by atoms with Crippen molar-refractivity contribution in [3.8, 4) is 0 Å². The van der Waals surface area contributed by atoms with Crippen molar-refractivity contribution >= 4 is 17.4 Å². The topological polar surface area (TPSA) is 29.3 Å². The van der Waals surface area contributed by atoms with E-state index in [0.29, 0.717) is 12.0 Å². The lowest BCUT2D eigenvalue weighted by Crippen LogP contribution is -2.39. The second-order valence-corrected chi connectivity index (χ2v) is 6.66. The Morgan fingerprint density at radius 2 is 2.00 bits per heavy atom. The van der Waals surface area contributed by atoms with Crippen molar-refractivity contribution in [3.63, 3.8) is 0 Å². The predicted octanol–water partition coefficient (Wildman–Crippen LogP) is 3.88. The fraction of sp³-hybridized carbons (Fsp3) is 0.625. The van der Waals surface area contributed by atoms with E-state index in [1.807, 2.05) is 0 Å². The van der Waals surface area contributed by atoms with Gasteiger partial charge in [0, 0.05) is 35.8 Å². The smallest absolute Gasteiger partial charge is 0.0423 e. The van der Waals surface area contributed by atoms with Gasteiger partial charge >= 0.3 is 0 Å². The van der Waals surface area contributed by atoms with E-state index >= 15 is 0 Å². The van der Waals surface area contributed by atoms with Crippen molar-refractivity contribution in [2.45, 2.75) is 44.6 Å². The van der Waals surface area contributed by atoms with E-state index < -0.39 is 0 Å². The summed E-state index contributed by atoms with van der Waals surface area (Å²) < 4.78 is 0. The van der Waals surface area contributed by atoms with Crippen molar-refractivity contribution in [2.75, 3.05) is 24.2 Å². The highest BCUT2D eigenvalue weighted by molar-refractivity contribution is 7.98. The van der Waals surface area contributed by atoms with Gasteiger partial charge in [-0.2, -0.15) is 0 Å². The zero-order valence-electron chi connectivity index (χ0n) is 12.4. The second kappa shape index (κ2) is 6.19. The summed E-state index contributed by atoms with van der Waals surface area (Å²) in [6, 6.07) is 6.57. The maximum Gasteiger partial charge on any atom is 0.0423 e. The van der Waals surface area contributed by atoms with Gasteiger partial charge in [0.05, 0.1) is 0 Å². The molecule has 0 amide bonds. The molecule has 3 heteroatoms. The van der Waals surface area contributed by atoms with Crippen LogP contribution in [0, 0.1) is 5.41 Å². The van der Waals surface area contributed by atoms with Crippen LogP contribution in [0.1, 0.15) is 38.7 Å². The average Bonchev–Trinajstić information content (AvgIpc) is 2.47. The van der Waals surface area contributed by atoms with E-state index in [1.165, 1.54) is 35.4 Å². The van der Waals surface area contributed by atoms with Gasteiger partial charge < -0.3 is 10.6 Å². The van der Waals surface area contributed by atoms with Gasteiger partial charge in [-0.15, -0.1) is 11.8 Å². The maximum atomic E-state index is 5.97. The van der Waals surface area contributed by atoms with Crippen LogP contribution >= 0.6 is 11.8 Å². The van der Waals surface area contributed by atoms with E-state index in [1.54, 1.807) is 11.8 Å². The molecule has 19 heavy (non-hydrogen) atoms. The van der Waals surface area contributed by atoms with Crippen molar-refractivity contribution in [1.29, 1.82) is 0 Å². The standard InChI is InChI=1S/C16H26N2S/c1-4-16(2)8-10-18(11-9-16)14-6-5-7-15(19-3)13(14)12-17/h5-7H,4,8-12,17H2,1-3H3. The van der Waals surface area contributed by atoms with Crippen molar-refractivity contribution in [3.05, 3.63) is 23.8 Å².